The number of rotatable bonds is 12. The molecule has 602 valence electrons. The van der Waals surface area contributed by atoms with E-state index in [1.165, 1.54) is 125 Å². The van der Waals surface area contributed by atoms with Crippen LogP contribution in [0.3, 0.4) is 0 Å². The van der Waals surface area contributed by atoms with Gasteiger partial charge in [0.1, 0.15) is 88.6 Å². The van der Waals surface area contributed by atoms with Crippen molar-refractivity contribution in [2.24, 2.45) is 17.1 Å². The molecule has 2 aliphatic rings. The molecule has 5 aromatic rings. The third kappa shape index (κ3) is 24.1. The lowest BCUT2D eigenvalue weighted by atomic mass is 9.85. The van der Waals surface area contributed by atoms with E-state index in [9.17, 15) is 78.0 Å². The van der Waals surface area contributed by atoms with E-state index >= 15 is 4.79 Å². The summed E-state index contributed by atoms with van der Waals surface area (Å²) in [5.74, 6) is -11.8. The number of aliphatic hydroxyl groups is 2. The minimum absolute atomic E-state index is 0.0129. The molecule has 34 heteroatoms. The van der Waals surface area contributed by atoms with Crippen molar-refractivity contribution in [3.63, 3.8) is 0 Å². The number of aromatic hydroxyl groups is 2. The number of phenols is 2. The van der Waals surface area contributed by atoms with E-state index in [0.717, 1.165) is 11.1 Å². The van der Waals surface area contributed by atoms with E-state index in [1.54, 1.807) is 65.9 Å². The predicted molar refractivity (Wildman–Crippen MR) is 416 cm³/mol. The number of benzene rings is 3. The van der Waals surface area contributed by atoms with Gasteiger partial charge in [0.2, 0.25) is 76.8 Å². The fraction of sp³-hybridized carbons (Fsp3) is 0.506. The van der Waals surface area contributed by atoms with Gasteiger partial charge in [0, 0.05) is 73.5 Å². The zero-order valence-electron chi connectivity index (χ0n) is 64.4. The lowest BCUT2D eigenvalue weighted by Gasteiger charge is -2.36. The van der Waals surface area contributed by atoms with E-state index in [-0.39, 0.29) is 68.1 Å². The fourth-order valence-electron chi connectivity index (χ4n) is 12.5. The number of phenolic OH excluding ortho intramolecular Hbond substituents is 2. The van der Waals surface area contributed by atoms with E-state index in [2.05, 4.69) is 68.5 Å². The summed E-state index contributed by atoms with van der Waals surface area (Å²) in [7, 11) is 0. The molecular weight excluding hydrogens is 1470 g/mol. The summed E-state index contributed by atoms with van der Waals surface area (Å²) < 4.78 is 0. The van der Waals surface area contributed by atoms with E-state index in [1.807, 2.05) is 18.2 Å². The molecule has 4 heterocycles. The van der Waals surface area contributed by atoms with Crippen LogP contribution in [0.4, 0.5) is 0 Å². The van der Waals surface area contributed by atoms with Crippen molar-refractivity contribution in [1.82, 2.24) is 73.4 Å². The number of pyridine rings is 1. The highest BCUT2D eigenvalue weighted by atomic mass is 32.2. The molecule has 0 radical (unpaired) electrons. The molecule has 0 spiro atoms. The molecule has 13 amide bonds. The number of carbonyl (C=O) groups is 13. The Labute approximate surface area is 652 Å². The number of aliphatic hydroxyl groups excluding tert-OH is 2. The van der Waals surface area contributed by atoms with Gasteiger partial charge in [-0.25, -0.2) is 4.98 Å². The van der Waals surface area contributed by atoms with E-state index in [0.29, 0.717) is 39.2 Å². The Hall–Kier alpha value is -10.3. The maximum atomic E-state index is 15.2. The van der Waals surface area contributed by atoms with Crippen LogP contribution in [0.2, 0.25) is 0 Å². The van der Waals surface area contributed by atoms with Crippen LogP contribution in [-0.2, 0) is 93.1 Å². The monoisotopic (exact) mass is 1580 g/mol. The summed E-state index contributed by atoms with van der Waals surface area (Å²) in [5, 5.41) is 72.7. The summed E-state index contributed by atoms with van der Waals surface area (Å²) in [5.41, 5.74) is 4.35. The Kier molecular flexibility index (Phi) is 30.9. The number of aromatic nitrogens is 2. The van der Waals surface area contributed by atoms with Crippen LogP contribution in [0, 0.1) is 11.3 Å². The second kappa shape index (κ2) is 39.0. The van der Waals surface area contributed by atoms with Gasteiger partial charge >= 0.3 is 0 Å². The number of nitrogens with one attached hydrogen (secondary N) is 12. The van der Waals surface area contributed by atoms with E-state index < -0.39 is 172 Å². The highest BCUT2D eigenvalue weighted by Crippen LogP contribution is 2.27. The predicted octanol–water partition coefficient (Wildman–Crippen LogP) is 0.685. The topological polar surface area (TPSA) is 493 Å². The quantitative estimate of drug-likeness (QED) is 0.0817. The van der Waals surface area contributed by atoms with Crippen LogP contribution in [0.1, 0.15) is 130 Å². The molecule has 2 aromatic heterocycles. The highest BCUT2D eigenvalue weighted by molar-refractivity contribution is 7.98. The Morgan fingerprint density at radius 3 is 1.76 bits per heavy atom. The van der Waals surface area contributed by atoms with Crippen LogP contribution in [-0.4, -0.2) is 214 Å². The summed E-state index contributed by atoms with van der Waals surface area (Å²) in [6, 6.07) is 7.48. The number of carbonyl (C=O) groups excluding carboxylic acids is 13. The molecule has 32 nitrogen and oxygen atoms in total. The Balaban J connectivity index is 1.24. The van der Waals surface area contributed by atoms with Gasteiger partial charge in [-0.05, 0) is 129 Å². The first kappa shape index (κ1) is 87.9. The molecule has 1 saturated heterocycles. The lowest BCUT2D eigenvalue weighted by Crippen LogP contribution is -2.67. The number of nitrogens with zero attached hydrogens (tertiary/aromatic N) is 2. The second-order valence-electron chi connectivity index (χ2n) is 30.0. The van der Waals surface area contributed by atoms with Crippen molar-refractivity contribution in [2.45, 2.75) is 217 Å². The average molecular weight is 1580 g/mol. The van der Waals surface area contributed by atoms with Crippen molar-refractivity contribution >= 4 is 111 Å². The van der Waals surface area contributed by atoms with Crippen LogP contribution in [0.25, 0.3) is 11.0 Å². The number of nitrogens with two attached hydrogens (primary N) is 1. The molecule has 2 aliphatic heterocycles. The number of fused-ring (bicyclic) bond motifs is 4. The van der Waals surface area contributed by atoms with Gasteiger partial charge in [0.15, 0.2) is 0 Å². The van der Waals surface area contributed by atoms with Gasteiger partial charge in [0.05, 0.1) is 12.2 Å². The molecule has 14 atom stereocenters. The van der Waals surface area contributed by atoms with Crippen molar-refractivity contribution in [1.29, 1.82) is 0 Å². The first-order chi connectivity index (χ1) is 52.2. The number of amides is 13. The largest absolute Gasteiger partial charge is 0.508 e. The summed E-state index contributed by atoms with van der Waals surface area (Å²) in [4.78, 5) is 196. The smallest absolute Gasteiger partial charge is 0.246 e. The fourth-order valence-corrected chi connectivity index (χ4v) is 14.5. The standard InChI is InChI=1S/C77H105N15O17S2/c1-13-76(11)73(108)81-41(4)64(99)83-53(32-45-21-25-50(96)26-22-45)67(102)91-77(12,40(2)3)74(109)88-60(43(6)94)70(105)86-56(62(78)98)38-110-36-47-17-14-18-48(31-47)37-111-39-57(82-44(7)95)65(100)89-61(75(8,9)10)71(106)85-55(33-46-23-27-51(97)28-24-46)72(107)92-30-16-20-58(92)68(103)87-59(42(5)93)69(104)84-54(66(101)90-76)34-49-35-80-63-52(49)19-15-29-79-63/h14-15,17-19,21-29,31,35,40-43,53-61,93-94,96-97H,13,16,20,30,32-34,36-39H2,1-12H3,(H2,78,98)(H,79,80)(H,81,108)(H,82,95)(H,83,99)(H,84,104)(H,85,106)(H,86,105)(H,87,103)(H,88,109)(H,89,100)(H,90,101)(H,91,102)/t41-,42+,43+,53-,54-,55-,56-,57-,58-,59-,60-,61+,76-,77-/m0/s1. The number of H-pyrrole nitrogens is 1. The number of aromatic amines is 1. The molecule has 0 saturated carbocycles. The maximum absolute atomic E-state index is 15.2. The van der Waals surface area contributed by atoms with Crippen LogP contribution >= 0.6 is 23.5 Å². The third-order valence-electron chi connectivity index (χ3n) is 19.8. The summed E-state index contributed by atoms with van der Waals surface area (Å²) in [6.07, 6.45) is -0.688. The van der Waals surface area contributed by atoms with Gasteiger partial charge < -0.3 is 94.5 Å². The Bertz CT molecular complexity index is 4190. The second-order valence-corrected chi connectivity index (χ2v) is 32.1. The SMILES string of the molecule is CC[C@]1(C)NC(=O)[C@H](Cc2c[nH]c3ncccc23)NC(=O)[C@H]([C@@H](C)O)NC(=O)[C@@H]2CCCN2C(=O)[C@H](Cc2ccc(O)cc2)NC(=O)[C@H](C(C)(C)C)NC(=O)[C@@H](NC(C)=O)CSCc2cccc(c2)CSC[C@@H](C(N)=O)NC(=O)[C@H]([C@@H](C)O)NC(=O)[C@](C)(C(C)C)NC(=O)[C@H](Cc2ccc(O)cc2)NC(=O)[C@H](C)NC1=O. The number of hydrogen-bond acceptors (Lipinski definition) is 20. The molecule has 0 unspecified atom stereocenters. The van der Waals surface area contributed by atoms with Gasteiger partial charge in [-0.1, -0.05) is 90.1 Å². The average Bonchev–Trinajstić information content (AvgIpc) is 1.15. The maximum Gasteiger partial charge on any atom is 0.246 e. The minimum atomic E-state index is -1.91. The number of thioether (sulfide) groups is 2. The summed E-state index contributed by atoms with van der Waals surface area (Å²) in [6.45, 7) is 17.5. The Morgan fingerprint density at radius 2 is 1.19 bits per heavy atom. The number of hydrogen-bond donors (Lipinski definition) is 17. The first-order valence-corrected chi connectivity index (χ1v) is 39.0. The molecule has 7 rings (SSSR count). The Morgan fingerprint density at radius 1 is 0.640 bits per heavy atom. The zero-order valence-corrected chi connectivity index (χ0v) is 66.0. The van der Waals surface area contributed by atoms with Crippen molar-refractivity contribution < 1.29 is 82.8 Å². The minimum Gasteiger partial charge on any atom is -0.508 e. The normalized spacial score (nSPS) is 26.4. The first-order valence-electron chi connectivity index (χ1n) is 36.7. The molecule has 3 aromatic carbocycles. The highest BCUT2D eigenvalue weighted by Gasteiger charge is 2.46. The molecule has 2 bridgehead atoms. The van der Waals surface area contributed by atoms with Crippen LogP contribution in [0.5, 0.6) is 11.5 Å². The van der Waals surface area contributed by atoms with Gasteiger partial charge in [0.25, 0.3) is 0 Å². The summed E-state index contributed by atoms with van der Waals surface area (Å²) >= 11 is 2.52. The van der Waals surface area contributed by atoms with Crippen molar-refractivity contribution in [3.8, 4) is 11.5 Å². The van der Waals surface area contributed by atoms with E-state index in [4.69, 9.17) is 5.73 Å². The number of primary amides is 1. The van der Waals surface area contributed by atoms with Gasteiger partial charge in [-0.3, -0.25) is 62.3 Å². The third-order valence-corrected chi connectivity index (χ3v) is 22.0. The molecule has 1 fully saturated rings. The van der Waals surface area contributed by atoms with Crippen LogP contribution < -0.4 is 64.2 Å². The molecular formula is C77H105N15O17S2. The van der Waals surface area contributed by atoms with Gasteiger partial charge in [-0.2, -0.15) is 23.5 Å². The van der Waals surface area contributed by atoms with Crippen molar-refractivity contribution in [3.05, 3.63) is 125 Å². The van der Waals surface area contributed by atoms with Crippen molar-refractivity contribution in [2.75, 3.05) is 18.1 Å². The zero-order chi connectivity index (χ0) is 82.0. The molecule has 0 aliphatic carbocycles. The molecule has 111 heavy (non-hydrogen) atoms. The van der Waals surface area contributed by atoms with Gasteiger partial charge in [-0.15, -0.1) is 0 Å². The molecule has 18 N–H and O–H groups in total. The van der Waals surface area contributed by atoms with Crippen LogP contribution in [0.15, 0.2) is 97.3 Å². The lowest BCUT2D eigenvalue weighted by molar-refractivity contribution is -0.143.